The van der Waals surface area contributed by atoms with Crippen molar-refractivity contribution in [2.45, 2.75) is 44.9 Å². The number of carboxylic acid groups (broad SMARTS) is 1. The van der Waals surface area contributed by atoms with Gasteiger partial charge in [0, 0.05) is 13.0 Å². The maximum Gasteiger partial charge on any atom is 0.410 e. The molecule has 1 N–H and O–H groups in total. The molecule has 0 saturated carbocycles. The summed E-state index contributed by atoms with van der Waals surface area (Å²) in [5, 5.41) is 9.69. The van der Waals surface area contributed by atoms with Crippen molar-refractivity contribution in [1.29, 1.82) is 0 Å². The highest BCUT2D eigenvalue weighted by Gasteiger charge is 2.45. The van der Waals surface area contributed by atoms with Gasteiger partial charge in [0.25, 0.3) is 0 Å². The molecule has 1 aliphatic rings. The highest BCUT2D eigenvalue weighted by Crippen LogP contribution is 2.27. The summed E-state index contributed by atoms with van der Waals surface area (Å²) in [6.07, 6.45) is -0.0509. The van der Waals surface area contributed by atoms with Crippen LogP contribution in [-0.2, 0) is 32.1 Å². The molecule has 2 aromatic carbocycles. The number of nitrogens with zero attached hydrogens (tertiary/aromatic N) is 1. The van der Waals surface area contributed by atoms with E-state index < -0.39 is 36.1 Å². The Morgan fingerprint density at radius 1 is 1.06 bits per heavy atom. The highest BCUT2D eigenvalue weighted by molar-refractivity contribution is 5.87. The molecule has 0 spiro atoms. The molecule has 0 aromatic heterocycles. The van der Waals surface area contributed by atoms with Gasteiger partial charge in [0.2, 0.25) is 0 Å². The van der Waals surface area contributed by atoms with E-state index in [0.717, 1.165) is 16.9 Å². The van der Waals surface area contributed by atoms with E-state index >= 15 is 0 Å². The van der Waals surface area contributed by atoms with Crippen LogP contribution < -0.4 is 4.74 Å². The number of benzene rings is 2. The molecule has 33 heavy (non-hydrogen) atoms. The zero-order valence-electron chi connectivity index (χ0n) is 18.8. The monoisotopic (exact) mass is 455 g/mol. The summed E-state index contributed by atoms with van der Waals surface area (Å²) < 4.78 is 16.1. The normalized spacial score (nSPS) is 18.8. The van der Waals surface area contributed by atoms with E-state index in [9.17, 15) is 19.5 Å². The molecular formula is C25H29NO7. The van der Waals surface area contributed by atoms with E-state index in [0.29, 0.717) is 12.8 Å². The van der Waals surface area contributed by atoms with Gasteiger partial charge < -0.3 is 19.3 Å². The SMILES string of the molecule is COc1ccc(CC(C)OC(=O)C2C(C(=O)O)CCCN2C(=O)OCc2ccccc2)cc1. The Labute approximate surface area is 193 Å². The molecule has 1 fully saturated rings. The number of piperidine rings is 1. The van der Waals surface area contributed by atoms with E-state index in [1.807, 2.05) is 54.6 Å². The standard InChI is InChI=1S/C25H29NO7/c1-17(15-18-10-12-20(31-2)13-11-18)33-24(29)22-21(23(27)28)9-6-14-26(22)25(30)32-16-19-7-4-3-5-8-19/h3-5,7-8,10-13,17,21-22H,6,9,14-16H2,1-2H3,(H,27,28). The molecule has 8 nitrogen and oxygen atoms in total. The molecule has 1 amide bonds. The predicted molar refractivity (Wildman–Crippen MR) is 120 cm³/mol. The van der Waals surface area contributed by atoms with Crippen LogP contribution in [0.2, 0.25) is 0 Å². The third-order valence-corrected chi connectivity index (χ3v) is 5.63. The predicted octanol–water partition coefficient (Wildman–Crippen LogP) is 3.67. The van der Waals surface area contributed by atoms with Crippen LogP contribution in [0.15, 0.2) is 54.6 Å². The van der Waals surface area contributed by atoms with E-state index in [1.165, 1.54) is 4.90 Å². The molecule has 3 rings (SSSR count). The number of aliphatic carboxylic acids is 1. The average molecular weight is 456 g/mol. The molecule has 1 saturated heterocycles. The number of esters is 1. The minimum Gasteiger partial charge on any atom is -0.497 e. The first-order chi connectivity index (χ1) is 15.9. The van der Waals surface area contributed by atoms with Gasteiger partial charge in [-0.1, -0.05) is 42.5 Å². The fourth-order valence-corrected chi connectivity index (χ4v) is 3.96. The Hall–Kier alpha value is -3.55. The fraction of sp³-hybridized carbons (Fsp3) is 0.400. The third kappa shape index (κ3) is 6.47. The number of likely N-dealkylation sites (tertiary alicyclic amines) is 1. The average Bonchev–Trinajstić information content (AvgIpc) is 2.83. The molecule has 0 aliphatic carbocycles. The van der Waals surface area contributed by atoms with Crippen LogP contribution in [0.25, 0.3) is 0 Å². The molecule has 2 aromatic rings. The number of hydrogen-bond donors (Lipinski definition) is 1. The smallest absolute Gasteiger partial charge is 0.410 e. The lowest BCUT2D eigenvalue weighted by Gasteiger charge is -2.37. The molecule has 3 atom stereocenters. The fourth-order valence-electron chi connectivity index (χ4n) is 3.96. The summed E-state index contributed by atoms with van der Waals surface area (Å²) in [5.41, 5.74) is 1.73. The van der Waals surface area contributed by atoms with Crippen molar-refractivity contribution in [3.63, 3.8) is 0 Å². The van der Waals surface area contributed by atoms with Crippen molar-refractivity contribution in [3.05, 3.63) is 65.7 Å². The second-order valence-corrected chi connectivity index (χ2v) is 8.07. The summed E-state index contributed by atoms with van der Waals surface area (Å²) in [4.78, 5) is 38.9. The summed E-state index contributed by atoms with van der Waals surface area (Å²) in [6, 6.07) is 15.3. The van der Waals surface area contributed by atoms with E-state index in [2.05, 4.69) is 0 Å². The van der Waals surface area contributed by atoms with Crippen molar-refractivity contribution in [3.8, 4) is 5.75 Å². The molecule has 1 heterocycles. The Morgan fingerprint density at radius 2 is 1.76 bits per heavy atom. The van der Waals surface area contributed by atoms with Crippen LogP contribution in [0, 0.1) is 5.92 Å². The quantitative estimate of drug-likeness (QED) is 0.606. The molecular weight excluding hydrogens is 426 g/mol. The summed E-state index contributed by atoms with van der Waals surface area (Å²) in [6.45, 7) is 1.99. The second-order valence-electron chi connectivity index (χ2n) is 8.07. The number of methoxy groups -OCH3 is 1. The van der Waals surface area contributed by atoms with Crippen LogP contribution in [0.1, 0.15) is 30.9 Å². The summed E-state index contributed by atoms with van der Waals surface area (Å²) in [7, 11) is 1.58. The van der Waals surface area contributed by atoms with Gasteiger partial charge in [-0.25, -0.2) is 9.59 Å². The Bertz CT molecular complexity index is 945. The number of amides is 1. The minimum atomic E-state index is -1.24. The van der Waals surface area contributed by atoms with Crippen LogP contribution in [0.3, 0.4) is 0 Å². The maximum absolute atomic E-state index is 13.0. The molecule has 176 valence electrons. The number of rotatable bonds is 8. The molecule has 0 bridgehead atoms. The summed E-state index contributed by atoms with van der Waals surface area (Å²) >= 11 is 0. The van der Waals surface area contributed by atoms with E-state index in [4.69, 9.17) is 14.2 Å². The Morgan fingerprint density at radius 3 is 2.39 bits per heavy atom. The van der Waals surface area contributed by atoms with Crippen molar-refractivity contribution in [1.82, 2.24) is 4.90 Å². The van der Waals surface area contributed by atoms with Crippen LogP contribution in [0.5, 0.6) is 5.75 Å². The number of carboxylic acids is 1. The first-order valence-corrected chi connectivity index (χ1v) is 10.9. The number of carbonyl (C=O) groups is 3. The van der Waals surface area contributed by atoms with Gasteiger partial charge in [0.05, 0.1) is 13.0 Å². The molecule has 0 radical (unpaired) electrons. The first-order valence-electron chi connectivity index (χ1n) is 10.9. The zero-order chi connectivity index (χ0) is 23.8. The second kappa shape index (κ2) is 11.4. The van der Waals surface area contributed by atoms with Crippen molar-refractivity contribution in [2.75, 3.05) is 13.7 Å². The molecule has 3 unspecified atom stereocenters. The summed E-state index contributed by atoms with van der Waals surface area (Å²) in [5.74, 6) is -2.21. The van der Waals surface area contributed by atoms with Gasteiger partial charge >= 0.3 is 18.0 Å². The minimum absolute atomic E-state index is 0.0313. The van der Waals surface area contributed by atoms with Gasteiger partial charge in [-0.2, -0.15) is 0 Å². The number of ether oxygens (including phenoxy) is 3. The number of hydrogen-bond acceptors (Lipinski definition) is 6. The molecule has 8 heteroatoms. The maximum atomic E-state index is 13.0. The topological polar surface area (TPSA) is 102 Å². The Kier molecular flexibility index (Phi) is 8.29. The highest BCUT2D eigenvalue weighted by atomic mass is 16.6. The van der Waals surface area contributed by atoms with Gasteiger partial charge in [-0.15, -0.1) is 0 Å². The van der Waals surface area contributed by atoms with Gasteiger partial charge in [0.15, 0.2) is 0 Å². The zero-order valence-corrected chi connectivity index (χ0v) is 18.8. The van der Waals surface area contributed by atoms with E-state index in [-0.39, 0.29) is 19.6 Å². The lowest BCUT2D eigenvalue weighted by molar-refractivity contribution is -0.164. The first kappa shape index (κ1) is 24.1. The van der Waals surface area contributed by atoms with Crippen LogP contribution in [0.4, 0.5) is 4.79 Å². The van der Waals surface area contributed by atoms with Crippen molar-refractivity contribution >= 4 is 18.0 Å². The van der Waals surface area contributed by atoms with E-state index in [1.54, 1.807) is 14.0 Å². The third-order valence-electron chi connectivity index (χ3n) is 5.63. The lowest BCUT2D eigenvalue weighted by Crippen LogP contribution is -2.55. The van der Waals surface area contributed by atoms with Gasteiger partial charge in [-0.3, -0.25) is 9.69 Å². The van der Waals surface area contributed by atoms with Gasteiger partial charge in [-0.05, 0) is 43.0 Å². The van der Waals surface area contributed by atoms with Crippen molar-refractivity contribution < 1.29 is 33.7 Å². The largest absolute Gasteiger partial charge is 0.497 e. The van der Waals surface area contributed by atoms with Gasteiger partial charge in [0.1, 0.15) is 24.5 Å². The Balaban J connectivity index is 1.67. The number of carbonyl (C=O) groups excluding carboxylic acids is 2. The molecule has 1 aliphatic heterocycles. The van der Waals surface area contributed by atoms with Crippen LogP contribution in [-0.4, -0.2) is 53.8 Å². The lowest BCUT2D eigenvalue weighted by atomic mass is 9.89. The van der Waals surface area contributed by atoms with Crippen molar-refractivity contribution in [2.24, 2.45) is 5.92 Å². The van der Waals surface area contributed by atoms with Crippen LogP contribution >= 0.6 is 0 Å².